The maximum Gasteiger partial charge on any atom is 0.141 e. The van der Waals surface area contributed by atoms with Crippen molar-refractivity contribution in [3.63, 3.8) is 0 Å². The van der Waals surface area contributed by atoms with Crippen molar-refractivity contribution in [2.24, 2.45) is 0 Å². The standard InChI is InChI=1S/C12H15ClFN/c1-8(2)6-12(15-3)9-4-5-11(14)10(13)7-9/h4-5,7,12,15H,1,6H2,2-3H3. The van der Waals surface area contributed by atoms with Gasteiger partial charge in [-0.2, -0.15) is 0 Å². The largest absolute Gasteiger partial charge is 0.313 e. The molecule has 0 saturated heterocycles. The van der Waals surface area contributed by atoms with E-state index in [-0.39, 0.29) is 16.9 Å². The first-order valence-corrected chi connectivity index (χ1v) is 5.19. The first-order valence-electron chi connectivity index (χ1n) is 4.81. The van der Waals surface area contributed by atoms with Gasteiger partial charge in [0.25, 0.3) is 0 Å². The minimum atomic E-state index is -0.384. The number of hydrogen-bond acceptors (Lipinski definition) is 1. The lowest BCUT2D eigenvalue weighted by atomic mass is 10.0. The van der Waals surface area contributed by atoms with Crippen LogP contribution in [0.4, 0.5) is 4.39 Å². The molecule has 0 aromatic heterocycles. The predicted molar refractivity (Wildman–Crippen MR) is 62.6 cm³/mol. The number of benzene rings is 1. The smallest absolute Gasteiger partial charge is 0.141 e. The van der Waals surface area contributed by atoms with E-state index in [9.17, 15) is 4.39 Å². The summed E-state index contributed by atoms with van der Waals surface area (Å²) in [7, 11) is 1.87. The van der Waals surface area contributed by atoms with E-state index in [0.717, 1.165) is 17.6 Å². The monoisotopic (exact) mass is 227 g/mol. The second kappa shape index (κ2) is 5.29. The zero-order chi connectivity index (χ0) is 11.4. The van der Waals surface area contributed by atoms with Gasteiger partial charge in [0.15, 0.2) is 0 Å². The van der Waals surface area contributed by atoms with Gasteiger partial charge in [0.2, 0.25) is 0 Å². The zero-order valence-corrected chi connectivity index (χ0v) is 9.74. The molecule has 0 spiro atoms. The van der Waals surface area contributed by atoms with Crippen molar-refractivity contribution in [3.05, 3.63) is 46.8 Å². The van der Waals surface area contributed by atoms with E-state index in [0.29, 0.717) is 0 Å². The summed E-state index contributed by atoms with van der Waals surface area (Å²) in [6.07, 6.45) is 0.818. The lowest BCUT2D eigenvalue weighted by Gasteiger charge is -2.16. The molecule has 0 bridgehead atoms. The third kappa shape index (κ3) is 3.33. The SMILES string of the molecule is C=C(C)CC(NC)c1ccc(F)c(Cl)c1. The fraction of sp³-hybridized carbons (Fsp3) is 0.333. The summed E-state index contributed by atoms with van der Waals surface area (Å²) >= 11 is 5.73. The highest BCUT2D eigenvalue weighted by Gasteiger charge is 2.11. The normalized spacial score (nSPS) is 12.5. The average Bonchev–Trinajstić information content (AvgIpc) is 2.18. The average molecular weight is 228 g/mol. The summed E-state index contributed by atoms with van der Waals surface area (Å²) in [5.74, 6) is -0.384. The van der Waals surface area contributed by atoms with Gasteiger partial charge in [-0.05, 0) is 38.1 Å². The van der Waals surface area contributed by atoms with Gasteiger partial charge in [0.1, 0.15) is 5.82 Å². The molecule has 0 aliphatic carbocycles. The minimum absolute atomic E-state index is 0.139. The van der Waals surface area contributed by atoms with Crippen LogP contribution >= 0.6 is 11.6 Å². The van der Waals surface area contributed by atoms with E-state index < -0.39 is 0 Å². The molecule has 0 amide bonds. The Bertz CT molecular complexity index is 363. The van der Waals surface area contributed by atoms with Crippen LogP contribution in [0.3, 0.4) is 0 Å². The van der Waals surface area contributed by atoms with E-state index in [4.69, 9.17) is 11.6 Å². The second-order valence-electron chi connectivity index (χ2n) is 3.68. The molecule has 0 aliphatic rings. The Morgan fingerprint density at radius 2 is 2.27 bits per heavy atom. The molecule has 0 heterocycles. The highest BCUT2D eigenvalue weighted by Crippen LogP contribution is 2.24. The van der Waals surface area contributed by atoms with Crippen molar-refractivity contribution in [2.45, 2.75) is 19.4 Å². The molecule has 3 heteroatoms. The molecule has 82 valence electrons. The van der Waals surface area contributed by atoms with Gasteiger partial charge in [0, 0.05) is 6.04 Å². The lowest BCUT2D eigenvalue weighted by Crippen LogP contribution is -2.16. The Morgan fingerprint density at radius 1 is 1.60 bits per heavy atom. The molecule has 1 atom stereocenters. The molecule has 0 fully saturated rings. The van der Waals surface area contributed by atoms with Gasteiger partial charge in [-0.1, -0.05) is 23.2 Å². The van der Waals surface area contributed by atoms with Gasteiger partial charge in [-0.3, -0.25) is 0 Å². The van der Waals surface area contributed by atoms with Crippen LogP contribution in [0.15, 0.2) is 30.4 Å². The molecule has 0 aliphatic heterocycles. The van der Waals surface area contributed by atoms with Crippen molar-refractivity contribution in [1.82, 2.24) is 5.32 Å². The summed E-state index contributed by atoms with van der Waals surface area (Å²) in [6.45, 7) is 5.83. The first-order chi connectivity index (χ1) is 7.04. The lowest BCUT2D eigenvalue weighted by molar-refractivity contribution is 0.584. The van der Waals surface area contributed by atoms with E-state index in [1.165, 1.54) is 6.07 Å². The van der Waals surface area contributed by atoms with Gasteiger partial charge in [-0.15, -0.1) is 6.58 Å². The van der Waals surface area contributed by atoms with Crippen LogP contribution in [0.25, 0.3) is 0 Å². The zero-order valence-electron chi connectivity index (χ0n) is 8.98. The molecule has 1 rings (SSSR count). The number of hydrogen-bond donors (Lipinski definition) is 1. The topological polar surface area (TPSA) is 12.0 Å². The third-order valence-corrected chi connectivity index (χ3v) is 2.54. The molecule has 1 N–H and O–H groups in total. The Kier molecular flexibility index (Phi) is 4.30. The summed E-state index contributed by atoms with van der Waals surface area (Å²) in [4.78, 5) is 0. The molecule has 0 radical (unpaired) electrons. The predicted octanol–water partition coefficient (Wildman–Crippen LogP) is 3.71. The Labute approximate surface area is 95.0 Å². The van der Waals surface area contributed by atoms with Crippen LogP contribution in [0, 0.1) is 5.82 Å². The van der Waals surface area contributed by atoms with Gasteiger partial charge >= 0.3 is 0 Å². The van der Waals surface area contributed by atoms with Crippen LogP contribution in [0.2, 0.25) is 5.02 Å². The Morgan fingerprint density at radius 3 is 2.73 bits per heavy atom. The van der Waals surface area contributed by atoms with Gasteiger partial charge in [0.05, 0.1) is 5.02 Å². The Balaban J connectivity index is 2.92. The van der Waals surface area contributed by atoms with Crippen LogP contribution in [0.5, 0.6) is 0 Å². The van der Waals surface area contributed by atoms with Crippen molar-refractivity contribution >= 4 is 11.6 Å². The van der Waals surface area contributed by atoms with Crippen molar-refractivity contribution < 1.29 is 4.39 Å². The molecular formula is C12H15ClFN. The molecule has 1 nitrogen and oxygen atoms in total. The molecule has 1 aromatic rings. The molecule has 15 heavy (non-hydrogen) atoms. The van der Waals surface area contributed by atoms with E-state index in [1.54, 1.807) is 12.1 Å². The fourth-order valence-corrected chi connectivity index (χ4v) is 1.65. The molecule has 1 unspecified atom stereocenters. The van der Waals surface area contributed by atoms with Gasteiger partial charge in [-0.25, -0.2) is 4.39 Å². The van der Waals surface area contributed by atoms with E-state index in [1.807, 2.05) is 14.0 Å². The maximum absolute atomic E-state index is 13.0. The van der Waals surface area contributed by atoms with Crippen molar-refractivity contribution in [1.29, 1.82) is 0 Å². The molecule has 1 aromatic carbocycles. The number of nitrogens with one attached hydrogen (secondary N) is 1. The molecule has 0 saturated carbocycles. The number of halogens is 2. The molecular weight excluding hydrogens is 213 g/mol. The summed E-state index contributed by atoms with van der Waals surface area (Å²) < 4.78 is 13.0. The van der Waals surface area contributed by atoms with Crippen molar-refractivity contribution in [3.8, 4) is 0 Å². The highest BCUT2D eigenvalue weighted by atomic mass is 35.5. The quantitative estimate of drug-likeness (QED) is 0.774. The van der Waals surface area contributed by atoms with Crippen LogP contribution in [0.1, 0.15) is 24.9 Å². The minimum Gasteiger partial charge on any atom is -0.313 e. The third-order valence-electron chi connectivity index (χ3n) is 2.25. The Hall–Kier alpha value is -0.860. The van der Waals surface area contributed by atoms with Crippen LogP contribution in [-0.4, -0.2) is 7.05 Å². The highest BCUT2D eigenvalue weighted by molar-refractivity contribution is 6.30. The first kappa shape index (κ1) is 12.2. The summed E-state index contributed by atoms with van der Waals surface area (Å²) in [5.41, 5.74) is 2.06. The second-order valence-corrected chi connectivity index (χ2v) is 4.08. The summed E-state index contributed by atoms with van der Waals surface area (Å²) in [5, 5.41) is 3.32. The fourth-order valence-electron chi connectivity index (χ4n) is 1.46. The van der Waals surface area contributed by atoms with E-state index >= 15 is 0 Å². The maximum atomic E-state index is 13.0. The van der Waals surface area contributed by atoms with Crippen LogP contribution < -0.4 is 5.32 Å². The van der Waals surface area contributed by atoms with Crippen LogP contribution in [-0.2, 0) is 0 Å². The van der Waals surface area contributed by atoms with E-state index in [2.05, 4.69) is 11.9 Å². The summed E-state index contributed by atoms with van der Waals surface area (Å²) in [6, 6.07) is 4.92. The van der Waals surface area contributed by atoms with Crippen molar-refractivity contribution in [2.75, 3.05) is 7.05 Å². The van der Waals surface area contributed by atoms with Gasteiger partial charge < -0.3 is 5.32 Å². The number of rotatable bonds is 4.